The first-order valence-electron chi connectivity index (χ1n) is 19.1. The van der Waals surface area contributed by atoms with E-state index in [2.05, 4.69) is 26.0 Å². The third-order valence-electron chi connectivity index (χ3n) is 10.1. The third-order valence-corrected chi connectivity index (χ3v) is 10.8. The van der Waals surface area contributed by atoms with Crippen LogP contribution >= 0.6 is 0 Å². The van der Waals surface area contributed by atoms with Crippen molar-refractivity contribution in [3.05, 3.63) is 89.5 Å². The molecular weight excluding hydrogens is 761 g/mol. The maximum atomic E-state index is 14.1. The van der Waals surface area contributed by atoms with Crippen molar-refractivity contribution in [2.75, 3.05) is 20.0 Å². The Bertz CT molecular complexity index is 1710. The van der Waals surface area contributed by atoms with E-state index in [4.69, 9.17) is 9.47 Å². The Labute approximate surface area is 336 Å². The Hall–Kier alpha value is -4.35. The number of rotatable bonds is 20. The largest absolute Gasteiger partial charge is 0.598 e. The van der Waals surface area contributed by atoms with Gasteiger partial charge in [0, 0.05) is 49.6 Å². The summed E-state index contributed by atoms with van der Waals surface area (Å²) in [6.45, 7) is 5.13. The lowest BCUT2D eigenvalue weighted by atomic mass is 9.92. The maximum Gasteiger partial charge on any atom is 0.249 e. The number of methoxy groups -OCH3 is 1. The molecule has 0 aromatic heterocycles. The van der Waals surface area contributed by atoms with Gasteiger partial charge in [0.1, 0.15) is 42.4 Å². The normalized spacial score (nSPS) is 21.0. The van der Waals surface area contributed by atoms with E-state index < -0.39 is 95.9 Å². The average molecular weight is 816 g/mol. The first kappa shape index (κ1) is 45.4. The summed E-state index contributed by atoms with van der Waals surface area (Å²) in [6.07, 6.45) is 6.33. The van der Waals surface area contributed by atoms with E-state index >= 15 is 0 Å². The first-order valence-corrected chi connectivity index (χ1v) is 20.7. The number of nitrogens with one attached hydrogen (secondary N) is 5. The summed E-state index contributed by atoms with van der Waals surface area (Å²) in [6, 6.07) is 8.79. The van der Waals surface area contributed by atoms with E-state index in [0.29, 0.717) is 6.07 Å². The topological polar surface area (TPSA) is 190 Å². The lowest BCUT2D eigenvalue weighted by Crippen LogP contribution is -2.55. The smallest absolute Gasteiger partial charge is 0.249 e. The Balaban J connectivity index is 1.51. The van der Waals surface area contributed by atoms with Crippen molar-refractivity contribution in [3.8, 4) is 5.75 Å². The molecule has 13 nitrogen and oxygen atoms in total. The number of benzene rings is 2. The summed E-state index contributed by atoms with van der Waals surface area (Å²) in [4.78, 5) is 54.5. The van der Waals surface area contributed by atoms with Gasteiger partial charge in [0.25, 0.3) is 0 Å². The zero-order chi connectivity index (χ0) is 41.6. The van der Waals surface area contributed by atoms with Crippen LogP contribution in [0.25, 0.3) is 0 Å². The quantitative estimate of drug-likeness (QED) is 0.109. The Morgan fingerprint density at radius 3 is 2.16 bits per heavy atom. The van der Waals surface area contributed by atoms with E-state index in [0.717, 1.165) is 36.1 Å². The van der Waals surface area contributed by atoms with Crippen LogP contribution in [0.5, 0.6) is 5.75 Å². The molecule has 2 aromatic carbocycles. The SMILES string of the molecule is CO[C@H](C[C@H](O)[C@H](COc1cc(F)cc(F)c1)NC(=O)[C@H]1C[C@@H](N[S+](C)[O-])C[C@@H]1C(=O)N[C@H](C)C1=CCCC=C1)C(=O)N[C@H](C(=O)NCc1ccccc1)C(C)C. The van der Waals surface area contributed by atoms with Gasteiger partial charge in [0.15, 0.2) is 0 Å². The number of aliphatic hydroxyl groups is 1. The zero-order valence-corrected chi connectivity index (χ0v) is 33.8. The van der Waals surface area contributed by atoms with E-state index in [1.54, 1.807) is 13.8 Å². The molecule has 2 aliphatic carbocycles. The minimum absolute atomic E-state index is 0.144. The van der Waals surface area contributed by atoms with Gasteiger partial charge >= 0.3 is 0 Å². The second-order valence-corrected chi connectivity index (χ2v) is 16.0. The molecule has 312 valence electrons. The highest BCUT2D eigenvalue weighted by Crippen LogP contribution is 2.34. The predicted octanol–water partition coefficient (Wildman–Crippen LogP) is 3.11. The predicted molar refractivity (Wildman–Crippen MR) is 212 cm³/mol. The van der Waals surface area contributed by atoms with Crippen LogP contribution in [-0.2, 0) is 41.8 Å². The van der Waals surface area contributed by atoms with Crippen molar-refractivity contribution < 1.29 is 47.1 Å². The van der Waals surface area contributed by atoms with Crippen LogP contribution in [0.3, 0.4) is 0 Å². The van der Waals surface area contributed by atoms with Gasteiger partial charge in [0.2, 0.25) is 23.6 Å². The molecule has 0 bridgehead atoms. The number of amides is 4. The number of ether oxygens (including phenoxy) is 2. The molecule has 2 aliphatic rings. The highest BCUT2D eigenvalue weighted by atomic mass is 32.2. The van der Waals surface area contributed by atoms with Gasteiger partial charge in [-0.25, -0.2) is 8.78 Å². The monoisotopic (exact) mass is 815 g/mol. The number of hydrogen-bond acceptors (Lipinski definition) is 9. The number of allylic oxidation sites excluding steroid dienone is 2. The van der Waals surface area contributed by atoms with Crippen LogP contribution < -0.4 is 30.7 Å². The van der Waals surface area contributed by atoms with Crippen molar-refractivity contribution in [3.63, 3.8) is 0 Å². The molecule has 4 amide bonds. The van der Waals surface area contributed by atoms with Crippen LogP contribution in [0.4, 0.5) is 8.78 Å². The molecule has 0 saturated heterocycles. The maximum absolute atomic E-state index is 14.1. The van der Waals surface area contributed by atoms with Crippen molar-refractivity contribution >= 4 is 35.0 Å². The molecule has 1 unspecified atom stereocenters. The van der Waals surface area contributed by atoms with Gasteiger partial charge in [-0.05, 0) is 49.7 Å². The van der Waals surface area contributed by atoms with Crippen LogP contribution in [0.2, 0.25) is 0 Å². The Morgan fingerprint density at radius 1 is 0.930 bits per heavy atom. The first-order chi connectivity index (χ1) is 27.1. The average Bonchev–Trinajstić information content (AvgIpc) is 3.60. The summed E-state index contributed by atoms with van der Waals surface area (Å²) in [7, 11) is 1.25. The summed E-state index contributed by atoms with van der Waals surface area (Å²) in [5, 5.41) is 22.9. The van der Waals surface area contributed by atoms with Gasteiger partial charge in [-0.1, -0.05) is 62.4 Å². The van der Waals surface area contributed by atoms with Crippen LogP contribution in [-0.4, -0.2) is 89.6 Å². The fourth-order valence-electron chi connectivity index (χ4n) is 7.01. The fourth-order valence-corrected chi connectivity index (χ4v) is 7.68. The molecule has 2 aromatic rings. The van der Waals surface area contributed by atoms with E-state index in [1.165, 1.54) is 13.4 Å². The molecule has 1 fully saturated rings. The number of aliphatic hydroxyl groups excluding tert-OH is 1. The standard InChI is InChI=1S/C41H55F2N5O8S/c1-24(2)37(41(53)44-22-26-12-8-6-9-13-26)47-40(52)36(55-4)21-35(49)34(23-56-31-17-28(42)16-29(43)18-31)46-39(51)33-20-30(48-57(5)54)19-32(33)38(50)45-25(3)27-14-10-7-11-15-27/h6,8-10,12-18,24-25,30,32-37,48-49H,7,11,19-23H2,1-5H3,(H,44,53)(H,45,50)(H,46,51)(H,47,52)/t25-,30+,32+,33+,34+,35+,36-,37+,57?/m1/s1. The highest BCUT2D eigenvalue weighted by Gasteiger charge is 2.45. The summed E-state index contributed by atoms with van der Waals surface area (Å²) >= 11 is -1.44. The van der Waals surface area contributed by atoms with Crippen molar-refractivity contribution in [2.45, 2.75) is 95.8 Å². The molecule has 0 spiro atoms. The molecule has 9 atom stereocenters. The second kappa shape index (κ2) is 22.0. The summed E-state index contributed by atoms with van der Waals surface area (Å²) < 4.78 is 54.2. The van der Waals surface area contributed by atoms with Gasteiger partial charge in [0.05, 0.1) is 36.1 Å². The van der Waals surface area contributed by atoms with Gasteiger partial charge < -0.3 is 40.4 Å². The Morgan fingerprint density at radius 2 is 1.58 bits per heavy atom. The fraction of sp³-hybridized carbons (Fsp3) is 0.512. The number of hydrogen-bond donors (Lipinski definition) is 6. The van der Waals surface area contributed by atoms with Gasteiger partial charge in [-0.15, -0.1) is 4.72 Å². The van der Waals surface area contributed by atoms with E-state index in [1.807, 2.05) is 55.5 Å². The molecule has 0 aliphatic heterocycles. The van der Waals surface area contributed by atoms with E-state index in [-0.39, 0.29) is 43.0 Å². The van der Waals surface area contributed by atoms with Gasteiger partial charge in [-0.3, -0.25) is 19.2 Å². The molecule has 1 saturated carbocycles. The molecule has 57 heavy (non-hydrogen) atoms. The van der Waals surface area contributed by atoms with Crippen LogP contribution in [0.15, 0.2) is 72.3 Å². The lowest BCUT2D eigenvalue weighted by molar-refractivity contribution is -0.138. The summed E-state index contributed by atoms with van der Waals surface area (Å²) in [5.74, 6) is -6.24. The second-order valence-electron chi connectivity index (χ2n) is 14.9. The minimum atomic E-state index is -1.54. The minimum Gasteiger partial charge on any atom is -0.598 e. The number of carbonyl (C=O) groups is 4. The zero-order valence-electron chi connectivity index (χ0n) is 33.0. The third kappa shape index (κ3) is 13.9. The lowest BCUT2D eigenvalue weighted by Gasteiger charge is -2.30. The number of carbonyl (C=O) groups excluding carboxylic acids is 4. The van der Waals surface area contributed by atoms with Crippen LogP contribution in [0.1, 0.15) is 58.4 Å². The molecular formula is C41H55F2N5O8S. The van der Waals surface area contributed by atoms with E-state index in [9.17, 15) is 37.6 Å². The Kier molecular flexibility index (Phi) is 17.5. The molecule has 0 heterocycles. The molecule has 4 rings (SSSR count). The highest BCUT2D eigenvalue weighted by molar-refractivity contribution is 7.88. The van der Waals surface area contributed by atoms with Crippen molar-refractivity contribution in [1.29, 1.82) is 0 Å². The van der Waals surface area contributed by atoms with Gasteiger partial charge in [-0.2, -0.15) is 0 Å². The number of halogens is 2. The molecule has 0 radical (unpaired) electrons. The molecule has 16 heteroatoms. The van der Waals surface area contributed by atoms with Crippen molar-refractivity contribution in [2.24, 2.45) is 17.8 Å². The van der Waals surface area contributed by atoms with Crippen LogP contribution in [0, 0.1) is 29.4 Å². The molecule has 6 N–H and O–H groups in total. The summed E-state index contributed by atoms with van der Waals surface area (Å²) in [5.41, 5.74) is 1.81. The van der Waals surface area contributed by atoms with Crippen molar-refractivity contribution in [1.82, 2.24) is 26.0 Å².